The molecule has 5 nitrogen and oxygen atoms in total. The number of aryl methyl sites for hydroxylation is 1. The Kier molecular flexibility index (Phi) is 3.88. The molecule has 0 radical (unpaired) electrons. The van der Waals surface area contributed by atoms with Crippen molar-refractivity contribution in [1.82, 2.24) is 14.9 Å². The summed E-state index contributed by atoms with van der Waals surface area (Å²) in [5.41, 5.74) is 1.08. The highest BCUT2D eigenvalue weighted by atomic mass is 32.1. The quantitative estimate of drug-likeness (QED) is 0.767. The lowest BCUT2D eigenvalue weighted by molar-refractivity contribution is 0.0795. The van der Waals surface area contributed by atoms with Crippen LogP contribution < -0.4 is 5.56 Å². The molecule has 25 heavy (non-hydrogen) atoms. The van der Waals surface area contributed by atoms with Crippen molar-refractivity contribution in [1.29, 1.82) is 0 Å². The van der Waals surface area contributed by atoms with E-state index in [4.69, 9.17) is 0 Å². The lowest BCUT2D eigenvalue weighted by Gasteiger charge is -2.16. The van der Waals surface area contributed by atoms with E-state index in [9.17, 15) is 14.0 Å². The van der Waals surface area contributed by atoms with E-state index < -0.39 is 0 Å². The number of nitrogens with one attached hydrogen (secondary N) is 1. The predicted octanol–water partition coefficient (Wildman–Crippen LogP) is 3.06. The van der Waals surface area contributed by atoms with Crippen LogP contribution in [0.1, 0.15) is 33.1 Å². The highest BCUT2D eigenvalue weighted by Crippen LogP contribution is 2.33. The van der Waals surface area contributed by atoms with Crippen LogP contribution in [0.3, 0.4) is 0 Å². The summed E-state index contributed by atoms with van der Waals surface area (Å²) in [5.74, 6) is -0.337. The van der Waals surface area contributed by atoms with Gasteiger partial charge in [0.15, 0.2) is 0 Å². The van der Waals surface area contributed by atoms with Gasteiger partial charge in [0.25, 0.3) is 11.5 Å². The molecule has 0 saturated carbocycles. The van der Waals surface area contributed by atoms with Crippen LogP contribution in [0.4, 0.5) is 4.39 Å². The van der Waals surface area contributed by atoms with Crippen molar-refractivity contribution in [2.45, 2.75) is 19.3 Å². The third-order valence-electron chi connectivity index (χ3n) is 4.75. The summed E-state index contributed by atoms with van der Waals surface area (Å²) in [7, 11) is 0. The number of aromatic amines is 1. The Morgan fingerprint density at radius 1 is 1.40 bits per heavy atom. The van der Waals surface area contributed by atoms with E-state index in [-0.39, 0.29) is 23.2 Å². The molecule has 2 aromatic heterocycles. The second-order valence-electron chi connectivity index (χ2n) is 6.23. The number of carbonyl (C=O) groups excluding carboxylic acids is 1. The minimum absolute atomic E-state index is 0.00126. The molecule has 1 amide bonds. The molecule has 1 atom stereocenters. The maximum atomic E-state index is 14.0. The Morgan fingerprint density at radius 3 is 2.96 bits per heavy atom. The van der Waals surface area contributed by atoms with Crippen LogP contribution in [0.15, 0.2) is 35.4 Å². The molecule has 1 aliphatic rings. The maximum absolute atomic E-state index is 14.0. The first-order valence-corrected chi connectivity index (χ1v) is 8.88. The number of halogens is 1. The molecule has 1 aromatic carbocycles. The van der Waals surface area contributed by atoms with Gasteiger partial charge >= 0.3 is 0 Å². The fourth-order valence-corrected chi connectivity index (χ4v) is 4.55. The molecule has 0 spiro atoms. The van der Waals surface area contributed by atoms with Crippen molar-refractivity contribution < 1.29 is 9.18 Å². The van der Waals surface area contributed by atoms with Crippen molar-refractivity contribution >= 4 is 27.5 Å². The number of likely N-dealkylation sites (tertiary alicyclic amines) is 1. The fourth-order valence-electron chi connectivity index (χ4n) is 3.43. The SMILES string of the molecule is Cc1c(C(=O)N2CCC(c3ccccc3F)C2)sc2nc[nH]c(=O)c12. The second-order valence-corrected chi connectivity index (χ2v) is 7.23. The molecule has 3 heterocycles. The Hall–Kier alpha value is -2.54. The number of rotatable bonds is 2. The number of benzene rings is 1. The molecule has 0 aliphatic carbocycles. The Labute approximate surface area is 147 Å². The number of amides is 1. The summed E-state index contributed by atoms with van der Waals surface area (Å²) in [6.07, 6.45) is 2.08. The van der Waals surface area contributed by atoms with Crippen molar-refractivity contribution in [3.8, 4) is 0 Å². The fraction of sp³-hybridized carbons (Fsp3) is 0.278. The van der Waals surface area contributed by atoms with Crippen LogP contribution in [-0.2, 0) is 0 Å². The van der Waals surface area contributed by atoms with E-state index in [1.54, 1.807) is 24.0 Å². The zero-order valence-corrected chi connectivity index (χ0v) is 14.4. The monoisotopic (exact) mass is 357 g/mol. The number of carbonyl (C=O) groups is 1. The number of fused-ring (bicyclic) bond motifs is 1. The summed E-state index contributed by atoms with van der Waals surface area (Å²) in [5, 5.41) is 0.473. The third kappa shape index (κ3) is 2.64. The van der Waals surface area contributed by atoms with E-state index >= 15 is 0 Å². The molecule has 7 heteroatoms. The Morgan fingerprint density at radius 2 is 2.20 bits per heavy atom. The van der Waals surface area contributed by atoms with E-state index in [1.165, 1.54) is 23.7 Å². The van der Waals surface area contributed by atoms with Crippen molar-refractivity contribution in [3.05, 3.63) is 62.8 Å². The molecule has 3 aromatic rings. The van der Waals surface area contributed by atoms with Gasteiger partial charge in [0, 0.05) is 19.0 Å². The highest BCUT2D eigenvalue weighted by Gasteiger charge is 2.31. The molecule has 1 unspecified atom stereocenters. The number of thiophene rings is 1. The van der Waals surface area contributed by atoms with Crippen LogP contribution in [0.2, 0.25) is 0 Å². The number of nitrogens with zero attached hydrogens (tertiary/aromatic N) is 2. The normalized spacial score (nSPS) is 17.4. The first-order valence-electron chi connectivity index (χ1n) is 8.06. The van der Waals surface area contributed by atoms with Crippen LogP contribution in [0, 0.1) is 12.7 Å². The van der Waals surface area contributed by atoms with Gasteiger partial charge in [-0.1, -0.05) is 18.2 Å². The second kappa shape index (κ2) is 6.07. The lowest BCUT2D eigenvalue weighted by atomic mass is 9.98. The summed E-state index contributed by atoms with van der Waals surface area (Å²) in [4.78, 5) is 34.4. The predicted molar refractivity (Wildman–Crippen MR) is 94.6 cm³/mol. The van der Waals surface area contributed by atoms with Gasteiger partial charge in [-0.2, -0.15) is 0 Å². The molecular formula is C18H16FN3O2S. The van der Waals surface area contributed by atoms with Crippen LogP contribution in [-0.4, -0.2) is 33.9 Å². The molecule has 1 aliphatic heterocycles. The first kappa shape index (κ1) is 16.0. The number of hydrogen-bond acceptors (Lipinski definition) is 4. The largest absolute Gasteiger partial charge is 0.337 e. The van der Waals surface area contributed by atoms with Gasteiger partial charge in [-0.25, -0.2) is 9.37 Å². The maximum Gasteiger partial charge on any atom is 0.264 e. The van der Waals surface area contributed by atoms with Gasteiger partial charge in [0.1, 0.15) is 10.6 Å². The number of hydrogen-bond donors (Lipinski definition) is 1. The van der Waals surface area contributed by atoms with Crippen molar-refractivity contribution in [3.63, 3.8) is 0 Å². The molecule has 0 bridgehead atoms. The number of aromatic nitrogens is 2. The molecule has 128 valence electrons. The van der Waals surface area contributed by atoms with Gasteiger partial charge in [0.05, 0.1) is 16.6 Å². The summed E-state index contributed by atoms with van der Waals surface area (Å²) < 4.78 is 14.0. The van der Waals surface area contributed by atoms with E-state index in [2.05, 4.69) is 9.97 Å². The molecule has 1 N–H and O–H groups in total. The first-order chi connectivity index (χ1) is 12.1. The van der Waals surface area contributed by atoms with Crippen LogP contribution >= 0.6 is 11.3 Å². The van der Waals surface area contributed by atoms with Crippen molar-refractivity contribution in [2.24, 2.45) is 0 Å². The standard InChI is InChI=1S/C18H16FN3O2S/c1-10-14-16(23)20-9-21-17(14)25-15(10)18(24)22-7-6-11(8-22)12-4-2-3-5-13(12)19/h2-5,9,11H,6-8H2,1H3,(H,20,21,23). The molecular weight excluding hydrogens is 341 g/mol. The topological polar surface area (TPSA) is 66.1 Å². The highest BCUT2D eigenvalue weighted by molar-refractivity contribution is 7.20. The third-order valence-corrected chi connectivity index (χ3v) is 5.94. The van der Waals surface area contributed by atoms with Gasteiger partial charge in [0.2, 0.25) is 0 Å². The minimum Gasteiger partial charge on any atom is -0.337 e. The van der Waals surface area contributed by atoms with Gasteiger partial charge < -0.3 is 9.88 Å². The minimum atomic E-state index is -0.233. The van der Waals surface area contributed by atoms with Crippen LogP contribution in [0.25, 0.3) is 10.2 Å². The summed E-state index contributed by atoms with van der Waals surface area (Å²) >= 11 is 1.24. The van der Waals surface area contributed by atoms with Crippen molar-refractivity contribution in [2.75, 3.05) is 13.1 Å². The lowest BCUT2D eigenvalue weighted by Crippen LogP contribution is -2.28. The molecule has 1 saturated heterocycles. The summed E-state index contributed by atoms with van der Waals surface area (Å²) in [6, 6.07) is 6.72. The Balaban J connectivity index is 1.63. The summed E-state index contributed by atoms with van der Waals surface area (Å²) in [6.45, 7) is 2.83. The molecule has 1 fully saturated rings. The smallest absolute Gasteiger partial charge is 0.264 e. The zero-order chi connectivity index (χ0) is 17.6. The van der Waals surface area contributed by atoms with Crippen LogP contribution in [0.5, 0.6) is 0 Å². The van der Waals surface area contributed by atoms with E-state index in [1.807, 2.05) is 6.07 Å². The van der Waals surface area contributed by atoms with E-state index in [0.29, 0.717) is 39.3 Å². The zero-order valence-electron chi connectivity index (χ0n) is 13.6. The van der Waals surface area contributed by atoms with Gasteiger partial charge in [-0.05, 0) is 30.5 Å². The van der Waals surface area contributed by atoms with E-state index in [0.717, 1.165) is 6.42 Å². The number of H-pyrrole nitrogens is 1. The average Bonchev–Trinajstić information content (AvgIpc) is 3.21. The average molecular weight is 357 g/mol. The van der Waals surface area contributed by atoms with Gasteiger partial charge in [-0.3, -0.25) is 9.59 Å². The Bertz CT molecular complexity index is 1030. The van der Waals surface area contributed by atoms with Gasteiger partial charge in [-0.15, -0.1) is 11.3 Å². The molecule has 4 rings (SSSR count).